The van der Waals surface area contributed by atoms with Crippen LogP contribution >= 0.6 is 11.6 Å². The van der Waals surface area contributed by atoms with Gasteiger partial charge >= 0.3 is 5.97 Å². The van der Waals surface area contributed by atoms with E-state index < -0.39 is 12.1 Å². The van der Waals surface area contributed by atoms with Crippen molar-refractivity contribution in [3.63, 3.8) is 0 Å². The second kappa shape index (κ2) is 8.99. The van der Waals surface area contributed by atoms with Crippen LogP contribution < -0.4 is 5.32 Å². The van der Waals surface area contributed by atoms with E-state index in [1.165, 1.54) is 0 Å². The van der Waals surface area contributed by atoms with Gasteiger partial charge < -0.3 is 10.1 Å². The summed E-state index contributed by atoms with van der Waals surface area (Å²) in [5.74, 6) is -1.31. The van der Waals surface area contributed by atoms with Gasteiger partial charge in [0.2, 0.25) is 11.7 Å². The second-order valence-corrected chi connectivity index (χ2v) is 5.72. The molecule has 0 aliphatic rings. The molecule has 130 valence electrons. The highest BCUT2D eigenvalue weighted by Gasteiger charge is 2.26. The highest BCUT2D eigenvalue weighted by atomic mass is 35.5. The van der Waals surface area contributed by atoms with Crippen LogP contribution in [0.3, 0.4) is 0 Å². The molecule has 2 aromatic rings. The number of hydrogen-bond donors (Lipinski definition) is 1. The first-order valence-electron chi connectivity index (χ1n) is 7.82. The Kier molecular flexibility index (Phi) is 6.71. The number of esters is 1. The molecule has 0 spiro atoms. The van der Waals surface area contributed by atoms with Crippen LogP contribution in [0.2, 0.25) is 5.02 Å². The van der Waals surface area contributed by atoms with E-state index in [9.17, 15) is 14.4 Å². The van der Waals surface area contributed by atoms with Crippen molar-refractivity contribution in [1.82, 2.24) is 5.32 Å². The molecule has 0 saturated carbocycles. The van der Waals surface area contributed by atoms with Gasteiger partial charge in [-0.3, -0.25) is 14.4 Å². The maximum atomic E-state index is 12.8. The van der Waals surface area contributed by atoms with E-state index in [1.807, 2.05) is 0 Å². The molecule has 1 N–H and O–H groups in total. The molecule has 1 atom stereocenters. The number of benzene rings is 2. The van der Waals surface area contributed by atoms with Crippen molar-refractivity contribution in [2.24, 2.45) is 0 Å². The monoisotopic (exact) mass is 359 g/mol. The predicted octanol–water partition coefficient (Wildman–Crippen LogP) is 3.33. The SMILES string of the molecule is CCC(=O)NCC(=O)OC(C(=O)c1ccccc1)c1ccc(Cl)cc1. The summed E-state index contributed by atoms with van der Waals surface area (Å²) in [6.07, 6.45) is -0.845. The highest BCUT2D eigenvalue weighted by Crippen LogP contribution is 2.24. The molecular weight excluding hydrogens is 342 g/mol. The van der Waals surface area contributed by atoms with Crippen LogP contribution in [0.5, 0.6) is 0 Å². The molecule has 0 heterocycles. The van der Waals surface area contributed by atoms with E-state index in [0.717, 1.165) is 0 Å². The van der Waals surface area contributed by atoms with Gasteiger partial charge in [-0.2, -0.15) is 0 Å². The van der Waals surface area contributed by atoms with E-state index in [-0.39, 0.29) is 24.7 Å². The molecule has 2 rings (SSSR count). The minimum atomic E-state index is -1.11. The number of nitrogens with one attached hydrogen (secondary N) is 1. The van der Waals surface area contributed by atoms with E-state index in [4.69, 9.17) is 16.3 Å². The summed E-state index contributed by atoms with van der Waals surface area (Å²) in [5, 5.41) is 2.94. The van der Waals surface area contributed by atoms with E-state index >= 15 is 0 Å². The fourth-order valence-electron chi connectivity index (χ4n) is 2.13. The van der Waals surface area contributed by atoms with Crippen molar-refractivity contribution in [1.29, 1.82) is 0 Å². The third-order valence-electron chi connectivity index (χ3n) is 3.47. The number of halogens is 1. The van der Waals surface area contributed by atoms with Gasteiger partial charge in [0.15, 0.2) is 6.10 Å². The molecule has 6 heteroatoms. The van der Waals surface area contributed by atoms with Crippen molar-refractivity contribution in [2.75, 3.05) is 6.54 Å². The second-order valence-electron chi connectivity index (χ2n) is 5.28. The molecule has 0 bridgehead atoms. The average molecular weight is 360 g/mol. The van der Waals surface area contributed by atoms with Gasteiger partial charge in [-0.1, -0.05) is 61.0 Å². The lowest BCUT2D eigenvalue weighted by Gasteiger charge is -2.18. The molecule has 2 aromatic carbocycles. The third kappa shape index (κ3) is 5.43. The number of amides is 1. The fraction of sp³-hybridized carbons (Fsp3) is 0.211. The van der Waals surface area contributed by atoms with Gasteiger partial charge in [-0.05, 0) is 12.1 Å². The summed E-state index contributed by atoms with van der Waals surface area (Å²) in [5.41, 5.74) is 0.932. The van der Waals surface area contributed by atoms with Gasteiger partial charge in [-0.25, -0.2) is 0 Å². The van der Waals surface area contributed by atoms with Crippen LogP contribution in [-0.4, -0.2) is 24.2 Å². The normalized spacial score (nSPS) is 11.4. The highest BCUT2D eigenvalue weighted by molar-refractivity contribution is 6.30. The van der Waals surface area contributed by atoms with Crippen LogP contribution in [-0.2, 0) is 14.3 Å². The molecule has 1 unspecified atom stereocenters. The first-order valence-corrected chi connectivity index (χ1v) is 8.20. The number of rotatable bonds is 7. The Hall–Kier alpha value is -2.66. The Bertz CT molecular complexity index is 744. The van der Waals surface area contributed by atoms with Gasteiger partial charge in [0, 0.05) is 22.6 Å². The molecule has 0 aliphatic carbocycles. The number of carbonyl (C=O) groups is 3. The van der Waals surface area contributed by atoms with Crippen LogP contribution in [0, 0.1) is 0 Å². The zero-order valence-electron chi connectivity index (χ0n) is 13.7. The van der Waals surface area contributed by atoms with Crippen LogP contribution in [0.25, 0.3) is 0 Å². The quantitative estimate of drug-likeness (QED) is 0.608. The summed E-state index contributed by atoms with van der Waals surface area (Å²) >= 11 is 5.88. The number of ketones is 1. The molecule has 0 saturated heterocycles. The predicted molar refractivity (Wildman–Crippen MR) is 94.4 cm³/mol. The zero-order valence-corrected chi connectivity index (χ0v) is 14.5. The Labute approximate surface area is 150 Å². The van der Waals surface area contributed by atoms with Crippen molar-refractivity contribution in [3.05, 3.63) is 70.7 Å². The molecule has 0 aliphatic heterocycles. The molecule has 0 radical (unpaired) electrons. The van der Waals surface area contributed by atoms with Crippen molar-refractivity contribution >= 4 is 29.3 Å². The minimum Gasteiger partial charge on any atom is -0.448 e. The lowest BCUT2D eigenvalue weighted by molar-refractivity contribution is -0.147. The van der Waals surface area contributed by atoms with Gasteiger partial charge in [-0.15, -0.1) is 0 Å². The number of ether oxygens (including phenoxy) is 1. The summed E-state index contributed by atoms with van der Waals surface area (Å²) in [7, 11) is 0. The number of carbonyl (C=O) groups excluding carboxylic acids is 3. The standard InChI is InChI=1S/C19H18ClNO4/c1-2-16(22)21-12-17(23)25-19(14-8-10-15(20)11-9-14)18(24)13-6-4-3-5-7-13/h3-11,19H,2,12H2,1H3,(H,21,22). The molecule has 5 nitrogen and oxygen atoms in total. The maximum Gasteiger partial charge on any atom is 0.326 e. The van der Waals surface area contributed by atoms with Gasteiger partial charge in [0.25, 0.3) is 0 Å². The molecule has 0 fully saturated rings. The first-order chi connectivity index (χ1) is 12.0. The van der Waals surface area contributed by atoms with E-state index in [0.29, 0.717) is 16.1 Å². The smallest absolute Gasteiger partial charge is 0.326 e. The van der Waals surface area contributed by atoms with Crippen molar-refractivity contribution in [3.8, 4) is 0 Å². The van der Waals surface area contributed by atoms with Crippen LogP contribution in [0.15, 0.2) is 54.6 Å². The fourth-order valence-corrected chi connectivity index (χ4v) is 2.26. The lowest BCUT2D eigenvalue weighted by atomic mass is 10.00. The van der Waals surface area contributed by atoms with E-state index in [2.05, 4.69) is 5.32 Å². The largest absolute Gasteiger partial charge is 0.448 e. The topological polar surface area (TPSA) is 72.5 Å². The van der Waals surface area contributed by atoms with Gasteiger partial charge in [0.05, 0.1) is 0 Å². The maximum absolute atomic E-state index is 12.8. The van der Waals surface area contributed by atoms with Gasteiger partial charge in [0.1, 0.15) is 6.54 Å². The Balaban J connectivity index is 2.20. The Morgan fingerprint density at radius 1 is 1.04 bits per heavy atom. The van der Waals surface area contributed by atoms with Crippen LogP contribution in [0.1, 0.15) is 35.4 Å². The first kappa shape index (κ1) is 18.7. The summed E-state index contributed by atoms with van der Waals surface area (Å²) in [6, 6.07) is 15.1. The van der Waals surface area contributed by atoms with Crippen LogP contribution in [0.4, 0.5) is 0 Å². The molecule has 0 aromatic heterocycles. The van der Waals surface area contributed by atoms with Crippen molar-refractivity contribution in [2.45, 2.75) is 19.4 Å². The summed E-state index contributed by atoms with van der Waals surface area (Å²) < 4.78 is 5.34. The summed E-state index contributed by atoms with van der Waals surface area (Å²) in [4.78, 5) is 36.1. The molecule has 25 heavy (non-hydrogen) atoms. The van der Waals surface area contributed by atoms with E-state index in [1.54, 1.807) is 61.5 Å². The number of hydrogen-bond acceptors (Lipinski definition) is 4. The number of Topliss-reactive ketones (excluding diaryl/α,β-unsaturated/α-hetero) is 1. The van der Waals surface area contributed by atoms with Crippen molar-refractivity contribution < 1.29 is 19.1 Å². The summed E-state index contributed by atoms with van der Waals surface area (Å²) in [6.45, 7) is 1.38. The Morgan fingerprint density at radius 2 is 1.68 bits per heavy atom. The Morgan fingerprint density at radius 3 is 2.28 bits per heavy atom. The zero-order chi connectivity index (χ0) is 18.2. The third-order valence-corrected chi connectivity index (χ3v) is 3.72. The minimum absolute atomic E-state index is 0.261. The average Bonchev–Trinajstić information content (AvgIpc) is 2.65. The molecular formula is C19H18ClNO4. The lowest BCUT2D eigenvalue weighted by Crippen LogP contribution is -2.32. The molecule has 1 amide bonds.